The molecule has 0 unspecified atom stereocenters. The van der Waals surface area contributed by atoms with Crippen molar-refractivity contribution < 1.29 is 14.9 Å². The third-order valence-electron chi connectivity index (χ3n) is 4.39. The number of H-pyrrole nitrogens is 1. The molecular weight excluding hydrogens is 387 g/mol. The molecule has 1 aromatic heterocycles. The Labute approximate surface area is 154 Å². The van der Waals surface area contributed by atoms with Gasteiger partial charge in [0.1, 0.15) is 12.4 Å². The molecule has 2 atom stereocenters. The zero-order valence-corrected chi connectivity index (χ0v) is 15.4. The third-order valence-corrected chi connectivity index (χ3v) is 4.92. The van der Waals surface area contributed by atoms with E-state index >= 15 is 0 Å². The van der Waals surface area contributed by atoms with Gasteiger partial charge in [0.15, 0.2) is 0 Å². The number of amides is 1. The van der Waals surface area contributed by atoms with Crippen molar-refractivity contribution in [1.29, 1.82) is 0 Å². The van der Waals surface area contributed by atoms with Crippen LogP contribution < -0.4 is 5.32 Å². The number of benzene rings is 1. The number of nitrogens with zero attached hydrogens (tertiary/aromatic N) is 2. The van der Waals surface area contributed by atoms with Crippen LogP contribution in [0.15, 0.2) is 34.9 Å². The summed E-state index contributed by atoms with van der Waals surface area (Å²) >= 11 is 3.42. The molecule has 1 aliphatic rings. The predicted molar refractivity (Wildman–Crippen MR) is 98.6 cm³/mol. The van der Waals surface area contributed by atoms with E-state index in [0.717, 1.165) is 21.6 Å². The number of aliphatic hydroxyl groups is 1. The van der Waals surface area contributed by atoms with Gasteiger partial charge in [-0.3, -0.25) is 4.79 Å². The Bertz CT molecular complexity index is 737. The Morgan fingerprint density at radius 3 is 2.84 bits per heavy atom. The molecule has 4 N–H and O–H groups in total. The van der Waals surface area contributed by atoms with Crippen LogP contribution in [0, 0.1) is 0 Å². The van der Waals surface area contributed by atoms with E-state index in [2.05, 4.69) is 31.2 Å². The molecule has 0 bridgehead atoms. The van der Waals surface area contributed by atoms with Crippen molar-refractivity contribution in [2.24, 2.45) is 0 Å². The summed E-state index contributed by atoms with van der Waals surface area (Å²) in [5, 5.41) is 21.7. The first-order valence-electron chi connectivity index (χ1n) is 8.13. The maximum atomic E-state index is 11.4. The van der Waals surface area contributed by atoms with Gasteiger partial charge in [-0.1, -0.05) is 28.1 Å². The van der Waals surface area contributed by atoms with E-state index in [1.165, 1.54) is 0 Å². The molecule has 1 aliphatic heterocycles. The van der Waals surface area contributed by atoms with Gasteiger partial charge in [-0.15, -0.1) is 0 Å². The number of halogens is 1. The normalized spacial score (nSPS) is 20.6. The SMILES string of the molecule is CB(O)N1C[C@H](NC(=O)CO)C[C@H]1c1ncc(-c2ccc(Br)cc2)[nH]1. The van der Waals surface area contributed by atoms with Gasteiger partial charge in [0.25, 0.3) is 0 Å². The van der Waals surface area contributed by atoms with Crippen molar-refractivity contribution in [2.75, 3.05) is 13.2 Å². The van der Waals surface area contributed by atoms with Crippen LogP contribution in [0.5, 0.6) is 0 Å². The van der Waals surface area contributed by atoms with Crippen molar-refractivity contribution in [3.05, 3.63) is 40.8 Å². The Kier molecular flexibility index (Phi) is 5.58. The summed E-state index contributed by atoms with van der Waals surface area (Å²) in [6.45, 7) is 1.66. The Morgan fingerprint density at radius 2 is 2.20 bits per heavy atom. The summed E-state index contributed by atoms with van der Waals surface area (Å²) in [7, 11) is -0.665. The van der Waals surface area contributed by atoms with Crippen LogP contribution in [0.1, 0.15) is 18.3 Å². The standard InChI is InChI=1S/C16H20BBrN4O3/c1-17(25)22-8-12(20-15(24)9-23)6-14(22)16-19-7-13(21-16)10-2-4-11(18)5-3-10/h2-5,7,12,14,23,25H,6,8-9H2,1H3,(H,19,21)(H,20,24)/t12-,14+/m1/s1. The Morgan fingerprint density at radius 1 is 1.48 bits per heavy atom. The number of aromatic amines is 1. The lowest BCUT2D eigenvalue weighted by Crippen LogP contribution is -2.42. The molecule has 25 heavy (non-hydrogen) atoms. The van der Waals surface area contributed by atoms with Gasteiger partial charge in [-0.25, -0.2) is 4.98 Å². The number of aromatic nitrogens is 2. The first-order valence-corrected chi connectivity index (χ1v) is 8.92. The van der Waals surface area contributed by atoms with Crippen LogP contribution in [0.4, 0.5) is 0 Å². The van der Waals surface area contributed by atoms with Gasteiger partial charge in [0.2, 0.25) is 5.91 Å². The topological polar surface area (TPSA) is 101 Å². The molecule has 0 aliphatic carbocycles. The molecule has 7 nitrogen and oxygen atoms in total. The number of rotatable bonds is 5. The van der Waals surface area contributed by atoms with Crippen molar-refractivity contribution in [1.82, 2.24) is 20.1 Å². The fraction of sp³-hybridized carbons (Fsp3) is 0.375. The summed E-state index contributed by atoms with van der Waals surface area (Å²) in [5.74, 6) is 0.339. The van der Waals surface area contributed by atoms with Gasteiger partial charge in [-0.05, 0) is 30.9 Å². The van der Waals surface area contributed by atoms with Crippen LogP contribution in [0.3, 0.4) is 0 Å². The Balaban J connectivity index is 1.79. The third kappa shape index (κ3) is 4.12. The summed E-state index contributed by atoms with van der Waals surface area (Å²) in [6.07, 6.45) is 2.39. The second kappa shape index (κ2) is 7.69. The maximum Gasteiger partial charge on any atom is 0.377 e. The first-order chi connectivity index (χ1) is 12.0. The summed E-state index contributed by atoms with van der Waals surface area (Å²) in [4.78, 5) is 21.1. The van der Waals surface area contributed by atoms with E-state index in [-0.39, 0.29) is 12.1 Å². The van der Waals surface area contributed by atoms with E-state index in [0.29, 0.717) is 13.0 Å². The highest BCUT2D eigenvalue weighted by atomic mass is 79.9. The lowest BCUT2D eigenvalue weighted by atomic mass is 9.84. The van der Waals surface area contributed by atoms with E-state index in [9.17, 15) is 9.82 Å². The van der Waals surface area contributed by atoms with Gasteiger partial charge < -0.3 is 25.2 Å². The molecule has 3 rings (SSSR count). The average molecular weight is 407 g/mol. The number of hydrogen-bond donors (Lipinski definition) is 4. The molecule has 132 valence electrons. The monoisotopic (exact) mass is 406 g/mol. The highest BCUT2D eigenvalue weighted by Gasteiger charge is 2.38. The minimum Gasteiger partial charge on any atom is -0.437 e. The van der Waals surface area contributed by atoms with E-state index < -0.39 is 19.6 Å². The summed E-state index contributed by atoms with van der Waals surface area (Å²) in [6, 6.07) is 7.65. The highest BCUT2D eigenvalue weighted by molar-refractivity contribution is 9.10. The molecule has 0 radical (unpaired) electrons. The fourth-order valence-corrected chi connectivity index (χ4v) is 3.47. The van der Waals surface area contributed by atoms with Crippen LogP contribution >= 0.6 is 15.9 Å². The zero-order valence-electron chi connectivity index (χ0n) is 13.8. The van der Waals surface area contributed by atoms with Gasteiger partial charge in [0.05, 0.1) is 17.9 Å². The summed E-state index contributed by atoms with van der Waals surface area (Å²) < 4.78 is 1.01. The lowest BCUT2D eigenvalue weighted by molar-refractivity contribution is -0.124. The second-order valence-corrected chi connectivity index (χ2v) is 7.11. The number of carbonyl (C=O) groups excluding carboxylic acids is 1. The minimum atomic E-state index is -0.665. The smallest absolute Gasteiger partial charge is 0.377 e. The summed E-state index contributed by atoms with van der Waals surface area (Å²) in [5.41, 5.74) is 1.92. The number of nitrogens with one attached hydrogen (secondary N) is 2. The van der Waals surface area contributed by atoms with Crippen molar-refractivity contribution in [3.8, 4) is 11.3 Å². The molecule has 0 saturated carbocycles. The largest absolute Gasteiger partial charge is 0.437 e. The fourth-order valence-electron chi connectivity index (χ4n) is 3.20. The Hall–Kier alpha value is -1.68. The molecule has 0 spiro atoms. The molecule has 2 aromatic rings. The second-order valence-electron chi connectivity index (χ2n) is 6.19. The molecule has 1 saturated heterocycles. The first kappa shape index (κ1) is 18.1. The number of hydrogen-bond acceptors (Lipinski definition) is 5. The molecule has 9 heteroatoms. The molecule has 1 aromatic carbocycles. The van der Waals surface area contributed by atoms with Crippen LogP contribution in [0.2, 0.25) is 6.82 Å². The van der Waals surface area contributed by atoms with E-state index in [1.807, 2.05) is 29.1 Å². The number of imidazole rings is 1. The number of carbonyl (C=O) groups is 1. The lowest BCUT2D eigenvalue weighted by Gasteiger charge is -2.23. The maximum absolute atomic E-state index is 11.4. The van der Waals surface area contributed by atoms with Gasteiger partial charge in [-0.2, -0.15) is 0 Å². The average Bonchev–Trinajstić information content (AvgIpc) is 3.22. The number of aliphatic hydroxyl groups excluding tert-OH is 1. The highest BCUT2D eigenvalue weighted by Crippen LogP contribution is 2.32. The van der Waals surface area contributed by atoms with E-state index in [1.54, 1.807) is 13.0 Å². The van der Waals surface area contributed by atoms with E-state index in [4.69, 9.17) is 5.11 Å². The van der Waals surface area contributed by atoms with Crippen molar-refractivity contribution in [2.45, 2.75) is 25.3 Å². The van der Waals surface area contributed by atoms with Gasteiger partial charge in [0, 0.05) is 17.1 Å². The predicted octanol–water partition coefficient (Wildman–Crippen LogP) is 1.17. The van der Waals surface area contributed by atoms with Gasteiger partial charge >= 0.3 is 7.05 Å². The molecule has 1 amide bonds. The molecule has 2 heterocycles. The zero-order chi connectivity index (χ0) is 18.0. The van der Waals surface area contributed by atoms with Crippen LogP contribution in [-0.4, -0.2) is 57.1 Å². The van der Waals surface area contributed by atoms with Crippen molar-refractivity contribution >= 4 is 28.9 Å². The van der Waals surface area contributed by atoms with Crippen LogP contribution in [-0.2, 0) is 4.79 Å². The van der Waals surface area contributed by atoms with Crippen LogP contribution in [0.25, 0.3) is 11.3 Å². The molecular formula is C16H20BBrN4O3. The molecule has 1 fully saturated rings. The van der Waals surface area contributed by atoms with Crippen molar-refractivity contribution in [3.63, 3.8) is 0 Å². The quantitative estimate of drug-likeness (QED) is 0.558. The minimum absolute atomic E-state index is 0.131.